The van der Waals surface area contributed by atoms with Gasteiger partial charge < -0.3 is 15.9 Å². The van der Waals surface area contributed by atoms with E-state index in [0.29, 0.717) is 22.3 Å². The van der Waals surface area contributed by atoms with Crippen molar-refractivity contribution in [3.63, 3.8) is 0 Å². The van der Waals surface area contributed by atoms with Crippen molar-refractivity contribution in [2.24, 2.45) is 0 Å². The average Bonchev–Trinajstić information content (AvgIpc) is 2.70. The minimum Gasteiger partial charge on any atom is -0.454 e. The van der Waals surface area contributed by atoms with E-state index in [0.717, 1.165) is 11.0 Å². The zero-order valence-corrected chi connectivity index (χ0v) is 9.98. The van der Waals surface area contributed by atoms with Gasteiger partial charge in [-0.3, -0.25) is 0 Å². The van der Waals surface area contributed by atoms with Crippen LogP contribution in [0.2, 0.25) is 5.02 Å². The monoisotopic (exact) mass is 260 g/mol. The Kier molecular flexibility index (Phi) is 2.34. The molecule has 0 saturated carbocycles. The summed E-state index contributed by atoms with van der Waals surface area (Å²) in [5.41, 5.74) is 12.4. The number of nitrogen functional groups attached to an aromatic ring is 2. The average molecular weight is 261 g/mol. The standard InChI is InChI=1S/C12H9ClN4O/c13-7-1-2-9-6(3-7)4-10(18-9)8-5-11(14)17-12(15)16-8/h1-5H,(H4,14,15,16,17). The maximum atomic E-state index is 5.92. The fourth-order valence-corrected chi connectivity index (χ4v) is 1.93. The molecule has 0 aliphatic heterocycles. The van der Waals surface area contributed by atoms with Crippen LogP contribution in [0.15, 0.2) is 34.7 Å². The first-order valence-electron chi connectivity index (χ1n) is 5.21. The van der Waals surface area contributed by atoms with Crippen molar-refractivity contribution in [2.75, 3.05) is 11.5 Å². The highest BCUT2D eigenvalue weighted by Gasteiger charge is 2.09. The molecule has 6 heteroatoms. The Balaban J connectivity index is 2.19. The zero-order valence-electron chi connectivity index (χ0n) is 9.22. The predicted octanol–water partition coefficient (Wildman–Crippen LogP) is 2.71. The first-order chi connectivity index (χ1) is 8.61. The van der Waals surface area contributed by atoms with Crippen molar-refractivity contribution in [1.82, 2.24) is 9.97 Å². The third-order valence-electron chi connectivity index (χ3n) is 2.49. The van der Waals surface area contributed by atoms with Crippen molar-refractivity contribution in [2.45, 2.75) is 0 Å². The number of rotatable bonds is 1. The molecule has 3 rings (SSSR count). The smallest absolute Gasteiger partial charge is 0.222 e. The van der Waals surface area contributed by atoms with E-state index in [4.69, 9.17) is 27.5 Å². The number of hydrogen-bond acceptors (Lipinski definition) is 5. The van der Waals surface area contributed by atoms with Crippen LogP contribution >= 0.6 is 11.6 Å². The van der Waals surface area contributed by atoms with Gasteiger partial charge in [0.2, 0.25) is 5.95 Å². The van der Waals surface area contributed by atoms with Gasteiger partial charge in [-0.05, 0) is 24.3 Å². The zero-order chi connectivity index (χ0) is 12.7. The van der Waals surface area contributed by atoms with E-state index in [9.17, 15) is 0 Å². The van der Waals surface area contributed by atoms with Gasteiger partial charge in [0, 0.05) is 16.5 Å². The van der Waals surface area contributed by atoms with Crippen LogP contribution in [0.4, 0.5) is 11.8 Å². The summed E-state index contributed by atoms with van der Waals surface area (Å²) >= 11 is 5.92. The SMILES string of the molecule is Nc1cc(-c2cc3cc(Cl)ccc3o2)nc(N)n1. The molecule has 0 fully saturated rings. The van der Waals surface area contributed by atoms with Crippen molar-refractivity contribution >= 4 is 34.3 Å². The second-order valence-corrected chi connectivity index (χ2v) is 4.27. The molecule has 4 N–H and O–H groups in total. The maximum Gasteiger partial charge on any atom is 0.222 e. The van der Waals surface area contributed by atoms with Crippen molar-refractivity contribution in [3.8, 4) is 11.5 Å². The number of furan rings is 1. The molecule has 2 heterocycles. The van der Waals surface area contributed by atoms with Gasteiger partial charge >= 0.3 is 0 Å². The highest BCUT2D eigenvalue weighted by atomic mass is 35.5. The van der Waals surface area contributed by atoms with Crippen LogP contribution in [0.1, 0.15) is 0 Å². The van der Waals surface area contributed by atoms with E-state index >= 15 is 0 Å². The Labute approximate surface area is 107 Å². The van der Waals surface area contributed by atoms with Gasteiger partial charge in [-0.1, -0.05) is 11.6 Å². The molecule has 0 amide bonds. The molecular formula is C12H9ClN4O. The number of anilines is 2. The second-order valence-electron chi connectivity index (χ2n) is 3.83. The highest BCUT2D eigenvalue weighted by molar-refractivity contribution is 6.31. The lowest BCUT2D eigenvalue weighted by atomic mass is 10.2. The summed E-state index contributed by atoms with van der Waals surface area (Å²) < 4.78 is 5.66. The number of benzene rings is 1. The van der Waals surface area contributed by atoms with E-state index < -0.39 is 0 Å². The number of nitrogens with two attached hydrogens (primary N) is 2. The molecule has 2 aromatic heterocycles. The topological polar surface area (TPSA) is 91.0 Å². The summed E-state index contributed by atoms with van der Waals surface area (Å²) in [5.74, 6) is 0.993. The lowest BCUT2D eigenvalue weighted by molar-refractivity contribution is 0.628. The Morgan fingerprint density at radius 3 is 2.67 bits per heavy atom. The first-order valence-corrected chi connectivity index (χ1v) is 5.59. The van der Waals surface area contributed by atoms with E-state index in [1.807, 2.05) is 12.1 Å². The predicted molar refractivity (Wildman–Crippen MR) is 71.1 cm³/mol. The van der Waals surface area contributed by atoms with Gasteiger partial charge in [-0.15, -0.1) is 0 Å². The molecule has 0 aliphatic rings. The molecule has 0 atom stereocenters. The Bertz CT molecular complexity index is 718. The molecule has 3 aromatic rings. The quantitative estimate of drug-likeness (QED) is 0.702. The highest BCUT2D eigenvalue weighted by Crippen LogP contribution is 2.29. The largest absolute Gasteiger partial charge is 0.454 e. The molecule has 0 radical (unpaired) electrons. The summed E-state index contributed by atoms with van der Waals surface area (Å²) in [4.78, 5) is 7.89. The minimum atomic E-state index is 0.114. The molecule has 0 bridgehead atoms. The third-order valence-corrected chi connectivity index (χ3v) is 2.73. The number of hydrogen-bond donors (Lipinski definition) is 2. The number of aromatic nitrogens is 2. The Hall–Kier alpha value is -2.27. The summed E-state index contributed by atoms with van der Waals surface area (Å²) in [5, 5.41) is 1.55. The summed E-state index contributed by atoms with van der Waals surface area (Å²) in [6.45, 7) is 0. The van der Waals surface area contributed by atoms with Crippen LogP contribution in [-0.2, 0) is 0 Å². The van der Waals surface area contributed by atoms with Gasteiger partial charge in [-0.2, -0.15) is 4.98 Å². The van der Waals surface area contributed by atoms with Crippen molar-refractivity contribution in [3.05, 3.63) is 35.4 Å². The van der Waals surface area contributed by atoms with Crippen LogP contribution in [0.5, 0.6) is 0 Å². The van der Waals surface area contributed by atoms with Crippen LogP contribution in [0.25, 0.3) is 22.4 Å². The molecule has 1 aromatic carbocycles. The molecule has 18 heavy (non-hydrogen) atoms. The molecular weight excluding hydrogens is 252 g/mol. The summed E-state index contributed by atoms with van der Waals surface area (Å²) in [7, 11) is 0. The molecule has 90 valence electrons. The third kappa shape index (κ3) is 1.84. The van der Waals surface area contributed by atoms with Crippen LogP contribution in [0.3, 0.4) is 0 Å². The Morgan fingerprint density at radius 2 is 1.89 bits per heavy atom. The second kappa shape index (κ2) is 3.89. The summed E-state index contributed by atoms with van der Waals surface area (Å²) in [6, 6.07) is 8.82. The van der Waals surface area contributed by atoms with Gasteiger partial charge in [0.1, 0.15) is 17.1 Å². The molecule has 0 aliphatic carbocycles. The van der Waals surface area contributed by atoms with E-state index in [1.165, 1.54) is 0 Å². The van der Waals surface area contributed by atoms with Crippen molar-refractivity contribution < 1.29 is 4.42 Å². The molecule has 0 spiro atoms. The maximum absolute atomic E-state index is 5.92. The van der Waals surface area contributed by atoms with Gasteiger partial charge in [0.15, 0.2) is 5.76 Å². The number of nitrogens with zero attached hydrogens (tertiary/aromatic N) is 2. The van der Waals surface area contributed by atoms with Gasteiger partial charge in [-0.25, -0.2) is 4.98 Å². The van der Waals surface area contributed by atoms with Crippen LogP contribution in [0, 0.1) is 0 Å². The van der Waals surface area contributed by atoms with Crippen LogP contribution < -0.4 is 11.5 Å². The number of halogens is 1. The molecule has 0 unspecified atom stereocenters. The minimum absolute atomic E-state index is 0.114. The summed E-state index contributed by atoms with van der Waals surface area (Å²) in [6.07, 6.45) is 0. The first kappa shape index (κ1) is 10.9. The van der Waals surface area contributed by atoms with Crippen LogP contribution in [-0.4, -0.2) is 9.97 Å². The number of fused-ring (bicyclic) bond motifs is 1. The van der Waals surface area contributed by atoms with E-state index in [1.54, 1.807) is 18.2 Å². The van der Waals surface area contributed by atoms with E-state index in [2.05, 4.69) is 9.97 Å². The van der Waals surface area contributed by atoms with Crippen molar-refractivity contribution in [1.29, 1.82) is 0 Å². The van der Waals surface area contributed by atoms with Gasteiger partial charge in [0.25, 0.3) is 0 Å². The molecule has 0 saturated heterocycles. The molecule has 5 nitrogen and oxygen atoms in total. The normalized spacial score (nSPS) is 10.9. The Morgan fingerprint density at radius 1 is 1.06 bits per heavy atom. The van der Waals surface area contributed by atoms with Gasteiger partial charge in [0.05, 0.1) is 0 Å². The van der Waals surface area contributed by atoms with E-state index in [-0.39, 0.29) is 5.95 Å². The lowest BCUT2D eigenvalue weighted by Gasteiger charge is -1.99. The fourth-order valence-electron chi connectivity index (χ4n) is 1.75. The lowest BCUT2D eigenvalue weighted by Crippen LogP contribution is -2.00. The fraction of sp³-hybridized carbons (Fsp3) is 0.